The quantitative estimate of drug-likeness (QED) is 0.627. The molecule has 0 spiro atoms. The van der Waals surface area contributed by atoms with Gasteiger partial charge in [-0.1, -0.05) is 18.7 Å². The first-order valence-electron chi connectivity index (χ1n) is 2.75. The molecule has 0 aliphatic carbocycles. The summed E-state index contributed by atoms with van der Waals surface area (Å²) in [5, 5.41) is 1.99. The highest BCUT2D eigenvalue weighted by Gasteiger charge is 1.91. The zero-order valence-electron chi connectivity index (χ0n) is 5.04. The van der Waals surface area contributed by atoms with Crippen molar-refractivity contribution in [3.8, 4) is 0 Å². The number of thioether (sulfide) groups is 1. The monoisotopic (exact) mass is 158 g/mol. The lowest BCUT2D eigenvalue weighted by Gasteiger charge is -1.88. The van der Waals surface area contributed by atoms with Gasteiger partial charge in [0.15, 0.2) is 0 Å². The van der Waals surface area contributed by atoms with E-state index in [0.29, 0.717) is 0 Å². The molecule has 0 aliphatic heterocycles. The Balaban J connectivity index is 2.30. The molecule has 1 heterocycles. The second-order valence-electron chi connectivity index (χ2n) is 1.50. The van der Waals surface area contributed by atoms with Crippen molar-refractivity contribution >= 4 is 23.1 Å². The predicted molar refractivity (Wildman–Crippen MR) is 42.8 cm³/mol. The maximum absolute atomic E-state index is 4.11. The van der Waals surface area contributed by atoms with E-state index in [1.54, 1.807) is 23.1 Å². The third-order valence-electron chi connectivity index (χ3n) is 0.780. The van der Waals surface area contributed by atoms with Crippen LogP contribution in [0.15, 0.2) is 15.9 Å². The molecule has 0 aromatic carbocycles. The van der Waals surface area contributed by atoms with Crippen molar-refractivity contribution in [1.29, 1.82) is 0 Å². The fourth-order valence-corrected chi connectivity index (χ4v) is 1.94. The van der Waals surface area contributed by atoms with Crippen LogP contribution in [0.1, 0.15) is 6.42 Å². The molecule has 0 N–H and O–H groups in total. The molecule has 0 fully saturated rings. The van der Waals surface area contributed by atoms with Crippen molar-refractivity contribution in [1.82, 2.24) is 4.98 Å². The third kappa shape index (κ3) is 2.37. The molecule has 49 valence electrons. The molecule has 1 rings (SSSR count). The van der Waals surface area contributed by atoms with Gasteiger partial charge in [0, 0.05) is 17.3 Å². The van der Waals surface area contributed by atoms with Crippen LogP contribution in [0.2, 0.25) is 0 Å². The zero-order chi connectivity index (χ0) is 6.53. The van der Waals surface area contributed by atoms with E-state index in [1.165, 1.54) is 0 Å². The van der Waals surface area contributed by atoms with E-state index >= 15 is 0 Å². The minimum absolute atomic E-state index is 0.976. The Labute approximate surface area is 63.5 Å². The van der Waals surface area contributed by atoms with Crippen molar-refractivity contribution < 1.29 is 0 Å². The smallest absolute Gasteiger partial charge is 0.149 e. The summed E-state index contributed by atoms with van der Waals surface area (Å²) in [6, 6.07) is 0. The molecular weight excluding hydrogens is 150 g/mol. The fraction of sp³-hybridized carbons (Fsp3) is 0.333. The van der Waals surface area contributed by atoms with Crippen LogP contribution in [0.25, 0.3) is 0 Å². The van der Waals surface area contributed by atoms with Crippen LogP contribution in [-0.4, -0.2) is 10.7 Å². The van der Waals surface area contributed by atoms with Gasteiger partial charge in [0.25, 0.3) is 0 Å². The van der Waals surface area contributed by atoms with Gasteiger partial charge in [-0.3, -0.25) is 0 Å². The summed E-state index contributed by atoms with van der Waals surface area (Å²) < 4.78 is 1.15. The number of rotatable bonds is 3. The molecule has 0 atom stereocenters. The molecule has 0 bridgehead atoms. The Morgan fingerprint density at radius 3 is 3.22 bits per heavy atom. The number of hydrogen-bond acceptors (Lipinski definition) is 3. The number of thiazole rings is 1. The summed E-state index contributed by atoms with van der Waals surface area (Å²) in [6.45, 7) is 3.74. The summed E-state index contributed by atoms with van der Waals surface area (Å²) in [4.78, 5) is 4.11. The van der Waals surface area contributed by atoms with Crippen molar-refractivity contribution in [3.05, 3.63) is 18.5 Å². The highest BCUT2D eigenvalue weighted by Crippen LogP contribution is 2.19. The van der Waals surface area contributed by atoms with E-state index in [9.17, 15) is 0 Å². The fourth-order valence-electron chi connectivity index (χ4n) is 0.441. The van der Waals surface area contributed by atoms with Gasteiger partial charge in [-0.25, -0.2) is 4.98 Å². The third-order valence-corrected chi connectivity index (χ3v) is 2.83. The summed E-state index contributed by atoms with van der Waals surface area (Å²) in [5.74, 6) is 1.08. The minimum Gasteiger partial charge on any atom is -0.238 e. The van der Waals surface area contributed by atoms with Gasteiger partial charge in [-0.15, -0.1) is 11.3 Å². The first-order chi connectivity index (χ1) is 4.43. The Morgan fingerprint density at radius 1 is 1.78 bits per heavy atom. The maximum Gasteiger partial charge on any atom is 0.149 e. The second-order valence-corrected chi connectivity index (χ2v) is 3.74. The molecule has 3 heteroatoms. The molecule has 0 aliphatic rings. The van der Waals surface area contributed by atoms with Crippen molar-refractivity contribution in [2.75, 3.05) is 5.75 Å². The van der Waals surface area contributed by atoms with Gasteiger partial charge < -0.3 is 0 Å². The van der Waals surface area contributed by atoms with Crippen LogP contribution in [0.4, 0.5) is 0 Å². The molecule has 1 aromatic heterocycles. The van der Waals surface area contributed by atoms with Gasteiger partial charge in [0.05, 0.1) is 0 Å². The van der Waals surface area contributed by atoms with Crippen LogP contribution >= 0.6 is 23.1 Å². The number of hydrogen-bond donors (Lipinski definition) is 0. The van der Waals surface area contributed by atoms with E-state index in [-0.39, 0.29) is 0 Å². The maximum atomic E-state index is 4.11. The first kappa shape index (κ1) is 7.09. The van der Waals surface area contributed by atoms with Crippen LogP contribution in [0.3, 0.4) is 0 Å². The molecule has 1 aromatic rings. The average molecular weight is 158 g/mol. The molecule has 1 radical (unpaired) electrons. The van der Waals surface area contributed by atoms with E-state index in [4.69, 9.17) is 0 Å². The SMILES string of the molecule is [CH2]CCSc1nccs1. The molecule has 0 amide bonds. The van der Waals surface area contributed by atoms with E-state index in [2.05, 4.69) is 11.9 Å². The lowest BCUT2D eigenvalue weighted by molar-refractivity contribution is 1.21. The predicted octanol–water partition coefficient (Wildman–Crippen LogP) is 2.46. The van der Waals surface area contributed by atoms with E-state index in [0.717, 1.165) is 16.5 Å². The molecule has 1 nitrogen and oxygen atoms in total. The Morgan fingerprint density at radius 2 is 2.67 bits per heavy atom. The van der Waals surface area contributed by atoms with Gasteiger partial charge in [0.2, 0.25) is 0 Å². The Kier molecular flexibility index (Phi) is 3.08. The molecule has 9 heavy (non-hydrogen) atoms. The zero-order valence-corrected chi connectivity index (χ0v) is 6.67. The van der Waals surface area contributed by atoms with Gasteiger partial charge in [-0.2, -0.15) is 0 Å². The summed E-state index contributed by atoms with van der Waals surface area (Å²) in [5.41, 5.74) is 0. The van der Waals surface area contributed by atoms with Crippen LogP contribution in [-0.2, 0) is 0 Å². The number of nitrogens with zero attached hydrogens (tertiary/aromatic N) is 1. The molecular formula is C6H8NS2. The summed E-state index contributed by atoms with van der Waals surface area (Å²) in [6.07, 6.45) is 2.81. The van der Waals surface area contributed by atoms with Crippen molar-refractivity contribution in [2.45, 2.75) is 10.8 Å². The van der Waals surface area contributed by atoms with Crippen LogP contribution in [0, 0.1) is 6.92 Å². The first-order valence-corrected chi connectivity index (χ1v) is 4.61. The lowest BCUT2D eigenvalue weighted by Crippen LogP contribution is -1.72. The standard InChI is InChI=1S/C6H8NS2/c1-2-4-8-6-7-3-5-9-6/h3,5H,1-2,4H2. The van der Waals surface area contributed by atoms with Crippen LogP contribution in [0.5, 0.6) is 0 Å². The van der Waals surface area contributed by atoms with E-state index in [1.807, 2.05) is 11.6 Å². The van der Waals surface area contributed by atoms with Crippen LogP contribution < -0.4 is 0 Å². The Bertz CT molecular complexity index is 148. The molecule has 0 saturated heterocycles. The minimum atomic E-state index is 0.976. The highest BCUT2D eigenvalue weighted by molar-refractivity contribution is 8.00. The second kappa shape index (κ2) is 3.90. The lowest BCUT2D eigenvalue weighted by atomic mass is 10.6. The number of aromatic nitrogens is 1. The molecule has 0 saturated carbocycles. The van der Waals surface area contributed by atoms with Gasteiger partial charge >= 0.3 is 0 Å². The molecule has 0 unspecified atom stereocenters. The van der Waals surface area contributed by atoms with Crippen molar-refractivity contribution in [3.63, 3.8) is 0 Å². The van der Waals surface area contributed by atoms with Gasteiger partial charge in [0.1, 0.15) is 4.34 Å². The van der Waals surface area contributed by atoms with E-state index < -0.39 is 0 Å². The topological polar surface area (TPSA) is 12.9 Å². The normalized spacial score (nSPS) is 9.89. The largest absolute Gasteiger partial charge is 0.238 e. The summed E-state index contributed by atoms with van der Waals surface area (Å²) >= 11 is 3.46. The Hall–Kier alpha value is -0.0200. The summed E-state index contributed by atoms with van der Waals surface area (Å²) in [7, 11) is 0. The average Bonchev–Trinajstić information content (AvgIpc) is 2.34. The highest BCUT2D eigenvalue weighted by atomic mass is 32.2. The van der Waals surface area contributed by atoms with Crippen molar-refractivity contribution in [2.24, 2.45) is 0 Å². The van der Waals surface area contributed by atoms with Gasteiger partial charge in [-0.05, 0) is 6.42 Å².